The maximum absolute atomic E-state index is 12.2. The molecule has 0 aromatic carbocycles. The van der Waals surface area contributed by atoms with Crippen molar-refractivity contribution in [2.45, 2.75) is 32.8 Å². The summed E-state index contributed by atoms with van der Waals surface area (Å²) in [6, 6.07) is 3.73. The molecule has 1 unspecified atom stereocenters. The van der Waals surface area contributed by atoms with Crippen molar-refractivity contribution in [3.05, 3.63) is 30.1 Å². The number of aromatic nitrogens is 1. The van der Waals surface area contributed by atoms with Crippen LogP contribution in [0.5, 0.6) is 0 Å². The molecule has 0 spiro atoms. The number of aliphatic hydroxyl groups excluding tert-OH is 1. The van der Waals surface area contributed by atoms with Gasteiger partial charge in [-0.05, 0) is 24.1 Å². The summed E-state index contributed by atoms with van der Waals surface area (Å²) in [7, 11) is 0. The van der Waals surface area contributed by atoms with Crippen LogP contribution in [0.15, 0.2) is 24.5 Å². The van der Waals surface area contributed by atoms with E-state index >= 15 is 0 Å². The Morgan fingerprint density at radius 1 is 1.50 bits per heavy atom. The highest BCUT2D eigenvalue weighted by atomic mass is 16.3. The maximum atomic E-state index is 12.2. The first kappa shape index (κ1) is 13.0. The van der Waals surface area contributed by atoms with E-state index in [1.165, 1.54) is 0 Å². The molecule has 4 nitrogen and oxygen atoms in total. The van der Waals surface area contributed by atoms with Crippen LogP contribution in [-0.4, -0.2) is 40.1 Å². The van der Waals surface area contributed by atoms with Crippen LogP contribution in [0.1, 0.15) is 25.8 Å². The molecule has 1 aromatic heterocycles. The van der Waals surface area contributed by atoms with Gasteiger partial charge in [0.2, 0.25) is 5.91 Å². The Labute approximate surface area is 108 Å². The van der Waals surface area contributed by atoms with E-state index in [2.05, 4.69) is 4.98 Å². The number of hydrogen-bond acceptors (Lipinski definition) is 3. The molecule has 1 N–H and O–H groups in total. The van der Waals surface area contributed by atoms with Crippen molar-refractivity contribution in [1.82, 2.24) is 9.88 Å². The molecule has 1 aromatic rings. The molecule has 1 aliphatic rings. The van der Waals surface area contributed by atoms with Crippen LogP contribution in [0.3, 0.4) is 0 Å². The number of likely N-dealkylation sites (tertiary alicyclic amines) is 1. The Morgan fingerprint density at radius 2 is 2.17 bits per heavy atom. The summed E-state index contributed by atoms with van der Waals surface area (Å²) < 4.78 is 0. The number of nitrogens with zero attached hydrogens (tertiary/aromatic N) is 2. The Kier molecular flexibility index (Phi) is 3.66. The normalized spacial score (nSPS) is 22.8. The predicted molar refractivity (Wildman–Crippen MR) is 68.9 cm³/mol. The van der Waals surface area contributed by atoms with Gasteiger partial charge in [-0.15, -0.1) is 0 Å². The molecule has 1 atom stereocenters. The fourth-order valence-electron chi connectivity index (χ4n) is 2.35. The zero-order valence-corrected chi connectivity index (χ0v) is 11.0. The third-order valence-electron chi connectivity index (χ3n) is 3.63. The number of amides is 1. The molecular weight excluding hydrogens is 228 g/mol. The van der Waals surface area contributed by atoms with Crippen molar-refractivity contribution in [2.75, 3.05) is 13.1 Å². The lowest BCUT2D eigenvalue weighted by atomic mass is 9.81. The van der Waals surface area contributed by atoms with Crippen LogP contribution in [0.2, 0.25) is 0 Å². The number of carbonyl (C=O) groups is 1. The van der Waals surface area contributed by atoms with E-state index in [0.29, 0.717) is 25.9 Å². The van der Waals surface area contributed by atoms with Gasteiger partial charge in [0.25, 0.3) is 0 Å². The second kappa shape index (κ2) is 5.06. The Bertz CT molecular complexity index is 417. The molecule has 18 heavy (non-hydrogen) atoms. The summed E-state index contributed by atoms with van der Waals surface area (Å²) in [4.78, 5) is 18.0. The molecule has 0 radical (unpaired) electrons. The summed E-state index contributed by atoms with van der Waals surface area (Å²) in [6.07, 6.45) is 4.16. The van der Waals surface area contributed by atoms with Crippen molar-refractivity contribution in [1.29, 1.82) is 0 Å². The SMILES string of the molecule is CC1(C)CN(C(=O)Cc2ccncc2)CCC1O. The molecule has 0 saturated carbocycles. The highest BCUT2D eigenvalue weighted by Gasteiger charge is 2.36. The van der Waals surface area contributed by atoms with E-state index < -0.39 is 0 Å². The average Bonchev–Trinajstić information content (AvgIpc) is 2.34. The van der Waals surface area contributed by atoms with Crippen LogP contribution in [0.4, 0.5) is 0 Å². The molecule has 0 aliphatic carbocycles. The van der Waals surface area contributed by atoms with Gasteiger partial charge in [0.05, 0.1) is 12.5 Å². The van der Waals surface area contributed by atoms with Crippen molar-refractivity contribution >= 4 is 5.91 Å². The van der Waals surface area contributed by atoms with Crippen LogP contribution in [-0.2, 0) is 11.2 Å². The lowest BCUT2D eigenvalue weighted by molar-refractivity contribution is -0.137. The van der Waals surface area contributed by atoms with Crippen LogP contribution in [0.25, 0.3) is 0 Å². The molecule has 1 saturated heterocycles. The number of aliphatic hydroxyl groups is 1. The summed E-state index contributed by atoms with van der Waals surface area (Å²) in [5.74, 6) is 0.126. The van der Waals surface area contributed by atoms with Gasteiger partial charge in [0.15, 0.2) is 0 Å². The standard InChI is InChI=1S/C14H20N2O2/c1-14(2)10-16(8-5-12(14)17)13(18)9-11-3-6-15-7-4-11/h3-4,6-7,12,17H,5,8-10H2,1-2H3. The first-order valence-electron chi connectivity index (χ1n) is 6.34. The summed E-state index contributed by atoms with van der Waals surface area (Å²) >= 11 is 0. The van der Waals surface area contributed by atoms with Crippen molar-refractivity contribution in [3.8, 4) is 0 Å². The van der Waals surface area contributed by atoms with Gasteiger partial charge in [0, 0.05) is 30.9 Å². The first-order valence-corrected chi connectivity index (χ1v) is 6.34. The average molecular weight is 248 g/mol. The molecule has 2 heterocycles. The quantitative estimate of drug-likeness (QED) is 0.857. The fourth-order valence-corrected chi connectivity index (χ4v) is 2.35. The molecular formula is C14H20N2O2. The predicted octanol–water partition coefficient (Wildman–Crippen LogP) is 1.24. The topological polar surface area (TPSA) is 53.4 Å². The van der Waals surface area contributed by atoms with Gasteiger partial charge in [-0.25, -0.2) is 0 Å². The Morgan fingerprint density at radius 3 is 2.78 bits per heavy atom. The Balaban J connectivity index is 1.98. The molecule has 2 rings (SSSR count). The van der Waals surface area contributed by atoms with E-state index in [4.69, 9.17) is 0 Å². The minimum absolute atomic E-state index is 0.126. The van der Waals surface area contributed by atoms with Gasteiger partial charge in [-0.1, -0.05) is 13.8 Å². The zero-order valence-electron chi connectivity index (χ0n) is 11.0. The Hall–Kier alpha value is -1.42. The minimum Gasteiger partial charge on any atom is -0.392 e. The summed E-state index contributed by atoms with van der Waals surface area (Å²) in [5, 5.41) is 9.88. The minimum atomic E-state index is -0.317. The van der Waals surface area contributed by atoms with Gasteiger partial charge >= 0.3 is 0 Å². The highest BCUT2D eigenvalue weighted by Crippen LogP contribution is 2.29. The number of carbonyl (C=O) groups excluding carboxylic acids is 1. The first-order chi connectivity index (χ1) is 8.49. The molecule has 1 amide bonds. The van der Waals surface area contributed by atoms with Crippen molar-refractivity contribution < 1.29 is 9.90 Å². The third-order valence-corrected chi connectivity index (χ3v) is 3.63. The lowest BCUT2D eigenvalue weighted by Gasteiger charge is -2.41. The van der Waals surface area contributed by atoms with Crippen LogP contribution in [0, 0.1) is 5.41 Å². The van der Waals surface area contributed by atoms with E-state index in [0.717, 1.165) is 5.56 Å². The second-order valence-corrected chi connectivity index (χ2v) is 5.64. The maximum Gasteiger partial charge on any atom is 0.227 e. The highest BCUT2D eigenvalue weighted by molar-refractivity contribution is 5.78. The lowest BCUT2D eigenvalue weighted by Crippen LogP contribution is -2.51. The van der Waals surface area contributed by atoms with Gasteiger partial charge in [-0.3, -0.25) is 9.78 Å². The monoisotopic (exact) mass is 248 g/mol. The van der Waals surface area contributed by atoms with Gasteiger partial charge < -0.3 is 10.0 Å². The number of hydrogen-bond donors (Lipinski definition) is 1. The fraction of sp³-hybridized carbons (Fsp3) is 0.571. The molecule has 1 aliphatic heterocycles. The van der Waals surface area contributed by atoms with Gasteiger partial charge in [-0.2, -0.15) is 0 Å². The van der Waals surface area contributed by atoms with Crippen molar-refractivity contribution in [3.63, 3.8) is 0 Å². The summed E-state index contributed by atoms with van der Waals surface area (Å²) in [6.45, 7) is 5.28. The number of piperidine rings is 1. The van der Waals surface area contributed by atoms with E-state index in [1.54, 1.807) is 12.4 Å². The third kappa shape index (κ3) is 2.88. The van der Waals surface area contributed by atoms with Crippen LogP contribution >= 0.6 is 0 Å². The van der Waals surface area contributed by atoms with E-state index in [9.17, 15) is 9.90 Å². The smallest absolute Gasteiger partial charge is 0.227 e. The summed E-state index contributed by atoms with van der Waals surface area (Å²) in [5.41, 5.74) is 0.769. The van der Waals surface area contributed by atoms with Crippen LogP contribution < -0.4 is 0 Å². The molecule has 4 heteroatoms. The van der Waals surface area contributed by atoms with Crippen molar-refractivity contribution in [2.24, 2.45) is 5.41 Å². The molecule has 0 bridgehead atoms. The molecule has 1 fully saturated rings. The second-order valence-electron chi connectivity index (χ2n) is 5.64. The van der Waals surface area contributed by atoms with Gasteiger partial charge in [0.1, 0.15) is 0 Å². The number of rotatable bonds is 2. The largest absolute Gasteiger partial charge is 0.392 e. The number of pyridine rings is 1. The van der Waals surface area contributed by atoms with E-state index in [1.807, 2.05) is 30.9 Å². The van der Waals surface area contributed by atoms with E-state index in [-0.39, 0.29) is 17.4 Å². The molecule has 98 valence electrons. The zero-order chi connectivity index (χ0) is 13.2.